The topological polar surface area (TPSA) is 64.0 Å². The first-order valence-electron chi connectivity index (χ1n) is 5.95. The highest BCUT2D eigenvalue weighted by atomic mass is 32.2. The normalized spacial score (nSPS) is 13.1. The lowest BCUT2D eigenvalue weighted by Gasteiger charge is -2.06. The minimum absolute atomic E-state index is 0.0412. The largest absolute Gasteiger partial charge is 0.322 e. The van der Waals surface area contributed by atoms with E-state index in [0.29, 0.717) is 17.4 Å². The molecule has 0 fully saturated rings. The zero-order valence-corrected chi connectivity index (χ0v) is 11.1. The zero-order chi connectivity index (χ0) is 14.1. The maximum Gasteiger partial charge on any atom is 0.267 e. The van der Waals surface area contributed by atoms with Crippen molar-refractivity contribution in [3.05, 3.63) is 52.2 Å². The number of amides is 1. The number of nitrogens with one attached hydrogen (secondary N) is 1. The third-order valence-corrected chi connectivity index (χ3v) is 3.85. The van der Waals surface area contributed by atoms with Gasteiger partial charge in [-0.05, 0) is 18.2 Å². The molecule has 1 amide bonds. The van der Waals surface area contributed by atoms with E-state index in [1.807, 2.05) is 0 Å². The number of hydrogen-bond acceptors (Lipinski definition) is 4. The number of thioether (sulfide) groups is 1. The molecule has 0 unspecified atom stereocenters. The van der Waals surface area contributed by atoms with E-state index >= 15 is 0 Å². The Kier molecular flexibility index (Phi) is 3.27. The summed E-state index contributed by atoms with van der Waals surface area (Å²) in [5, 5.41) is 3.11. The van der Waals surface area contributed by atoms with Crippen LogP contribution in [0.2, 0.25) is 0 Å². The van der Waals surface area contributed by atoms with Crippen LogP contribution in [0.15, 0.2) is 40.4 Å². The number of hydrogen-bond donors (Lipinski definition) is 1. The average molecular weight is 291 g/mol. The van der Waals surface area contributed by atoms with Crippen molar-refractivity contribution in [1.29, 1.82) is 0 Å². The SMILES string of the molecule is O=C(Nc1cccc(F)c1)c1cnc2n(c1=O)CCS2. The summed E-state index contributed by atoms with van der Waals surface area (Å²) in [4.78, 5) is 28.3. The molecule has 102 valence electrons. The van der Waals surface area contributed by atoms with Crippen LogP contribution in [0.4, 0.5) is 10.1 Å². The Morgan fingerprint density at radius 1 is 1.45 bits per heavy atom. The summed E-state index contributed by atoms with van der Waals surface area (Å²) in [5.74, 6) is -0.264. The number of aromatic nitrogens is 2. The highest BCUT2D eigenvalue weighted by molar-refractivity contribution is 7.99. The number of carbonyl (C=O) groups excluding carboxylic acids is 1. The lowest BCUT2D eigenvalue weighted by atomic mass is 10.2. The van der Waals surface area contributed by atoms with Crippen molar-refractivity contribution in [2.75, 3.05) is 11.1 Å². The van der Waals surface area contributed by atoms with Crippen LogP contribution in [0, 0.1) is 5.82 Å². The van der Waals surface area contributed by atoms with Crippen molar-refractivity contribution in [2.24, 2.45) is 0 Å². The number of halogens is 1. The third kappa shape index (κ3) is 2.32. The number of benzene rings is 1. The molecule has 3 rings (SSSR count). The number of fused-ring (bicyclic) bond motifs is 1. The van der Waals surface area contributed by atoms with Crippen molar-refractivity contribution in [3.8, 4) is 0 Å². The molecular weight excluding hydrogens is 281 g/mol. The van der Waals surface area contributed by atoms with Gasteiger partial charge in [0, 0.05) is 24.2 Å². The average Bonchev–Trinajstić information content (AvgIpc) is 2.88. The Bertz CT molecular complexity index is 745. The number of anilines is 1. The number of carbonyl (C=O) groups is 1. The Morgan fingerprint density at radius 2 is 2.30 bits per heavy atom. The molecule has 0 atom stereocenters. The molecule has 1 aromatic heterocycles. The first kappa shape index (κ1) is 12.9. The highest BCUT2D eigenvalue weighted by Crippen LogP contribution is 2.20. The third-order valence-electron chi connectivity index (χ3n) is 2.88. The predicted octanol–water partition coefficient (Wildman–Crippen LogP) is 1.74. The van der Waals surface area contributed by atoms with E-state index in [9.17, 15) is 14.0 Å². The maximum absolute atomic E-state index is 13.0. The molecule has 0 saturated carbocycles. The quantitative estimate of drug-likeness (QED) is 0.856. The van der Waals surface area contributed by atoms with Crippen molar-refractivity contribution in [1.82, 2.24) is 9.55 Å². The Morgan fingerprint density at radius 3 is 3.10 bits per heavy atom. The first-order valence-corrected chi connectivity index (χ1v) is 6.93. The van der Waals surface area contributed by atoms with Crippen LogP contribution in [0.1, 0.15) is 10.4 Å². The molecule has 0 aliphatic carbocycles. The van der Waals surface area contributed by atoms with Crippen LogP contribution in [-0.4, -0.2) is 21.2 Å². The highest BCUT2D eigenvalue weighted by Gasteiger charge is 2.20. The summed E-state index contributed by atoms with van der Waals surface area (Å²) in [7, 11) is 0. The summed E-state index contributed by atoms with van der Waals surface area (Å²) >= 11 is 1.48. The van der Waals surface area contributed by atoms with E-state index in [1.54, 1.807) is 6.07 Å². The van der Waals surface area contributed by atoms with Gasteiger partial charge in [-0.3, -0.25) is 14.2 Å². The van der Waals surface area contributed by atoms with Crippen LogP contribution in [0.25, 0.3) is 0 Å². The van der Waals surface area contributed by atoms with E-state index in [1.165, 1.54) is 40.7 Å². The van der Waals surface area contributed by atoms with Gasteiger partial charge >= 0.3 is 0 Å². The van der Waals surface area contributed by atoms with E-state index < -0.39 is 11.7 Å². The van der Waals surface area contributed by atoms with Crippen molar-refractivity contribution < 1.29 is 9.18 Å². The van der Waals surface area contributed by atoms with Crippen LogP contribution in [0.3, 0.4) is 0 Å². The number of nitrogens with zero attached hydrogens (tertiary/aromatic N) is 2. The van der Waals surface area contributed by atoms with Gasteiger partial charge < -0.3 is 5.32 Å². The van der Waals surface area contributed by atoms with Gasteiger partial charge in [-0.1, -0.05) is 17.8 Å². The molecule has 7 heteroatoms. The maximum atomic E-state index is 13.0. The summed E-state index contributed by atoms with van der Waals surface area (Å²) in [5.41, 5.74) is -0.108. The van der Waals surface area contributed by atoms with Crippen LogP contribution in [0.5, 0.6) is 0 Å². The molecule has 2 heterocycles. The lowest BCUT2D eigenvalue weighted by molar-refractivity contribution is 0.102. The summed E-state index contributed by atoms with van der Waals surface area (Å²) in [6.45, 7) is 0.549. The molecular formula is C13H10FN3O2S. The molecule has 2 aromatic rings. The second-order valence-corrected chi connectivity index (χ2v) is 5.29. The fraction of sp³-hybridized carbons (Fsp3) is 0.154. The number of rotatable bonds is 2. The summed E-state index contributed by atoms with van der Waals surface area (Å²) in [6, 6.07) is 5.50. The molecule has 1 N–H and O–H groups in total. The molecule has 1 aliphatic rings. The molecule has 0 bridgehead atoms. The van der Waals surface area contributed by atoms with E-state index in [2.05, 4.69) is 10.3 Å². The summed E-state index contributed by atoms with van der Waals surface area (Å²) < 4.78 is 14.5. The Labute approximate surface area is 117 Å². The molecule has 0 saturated heterocycles. The minimum Gasteiger partial charge on any atom is -0.322 e. The molecule has 0 spiro atoms. The standard InChI is InChI=1S/C13H10FN3O2S/c14-8-2-1-3-9(6-8)16-11(18)10-7-15-13-17(12(10)19)4-5-20-13/h1-3,6-7H,4-5H2,(H,16,18). The van der Waals surface area contributed by atoms with Gasteiger partial charge in [0.05, 0.1) is 0 Å². The lowest BCUT2D eigenvalue weighted by Crippen LogP contribution is -2.29. The molecule has 20 heavy (non-hydrogen) atoms. The van der Waals surface area contributed by atoms with Crippen LogP contribution in [-0.2, 0) is 6.54 Å². The van der Waals surface area contributed by atoms with Gasteiger partial charge in [0.2, 0.25) is 0 Å². The fourth-order valence-corrected chi connectivity index (χ4v) is 2.85. The molecule has 1 aromatic carbocycles. The van der Waals surface area contributed by atoms with Crippen molar-refractivity contribution >= 4 is 23.4 Å². The summed E-state index contributed by atoms with van der Waals surface area (Å²) in [6.07, 6.45) is 1.26. The fourth-order valence-electron chi connectivity index (χ4n) is 1.94. The van der Waals surface area contributed by atoms with Gasteiger partial charge in [0.15, 0.2) is 5.16 Å². The first-order chi connectivity index (χ1) is 9.65. The Balaban J connectivity index is 1.90. The van der Waals surface area contributed by atoms with E-state index in [0.717, 1.165) is 5.75 Å². The van der Waals surface area contributed by atoms with E-state index in [-0.39, 0.29) is 11.1 Å². The van der Waals surface area contributed by atoms with E-state index in [4.69, 9.17) is 0 Å². The molecule has 0 radical (unpaired) electrons. The zero-order valence-electron chi connectivity index (χ0n) is 10.3. The van der Waals surface area contributed by atoms with Gasteiger partial charge in [0.1, 0.15) is 11.4 Å². The van der Waals surface area contributed by atoms with Crippen molar-refractivity contribution in [2.45, 2.75) is 11.7 Å². The van der Waals surface area contributed by atoms with Gasteiger partial charge in [-0.2, -0.15) is 0 Å². The Hall–Kier alpha value is -2.15. The minimum atomic E-state index is -0.583. The second-order valence-electron chi connectivity index (χ2n) is 4.22. The molecule has 5 nitrogen and oxygen atoms in total. The molecule has 1 aliphatic heterocycles. The monoisotopic (exact) mass is 291 g/mol. The van der Waals surface area contributed by atoms with Gasteiger partial charge in [0.25, 0.3) is 11.5 Å². The van der Waals surface area contributed by atoms with Crippen LogP contribution >= 0.6 is 11.8 Å². The van der Waals surface area contributed by atoms with Crippen molar-refractivity contribution in [3.63, 3.8) is 0 Å². The van der Waals surface area contributed by atoms with Crippen LogP contribution < -0.4 is 10.9 Å². The van der Waals surface area contributed by atoms with Gasteiger partial charge in [-0.15, -0.1) is 0 Å². The smallest absolute Gasteiger partial charge is 0.267 e. The van der Waals surface area contributed by atoms with Gasteiger partial charge in [-0.25, -0.2) is 9.37 Å². The second kappa shape index (κ2) is 5.09. The predicted molar refractivity (Wildman–Crippen MR) is 73.6 cm³/mol.